The summed E-state index contributed by atoms with van der Waals surface area (Å²) in [5.41, 5.74) is 5.66. The van der Waals surface area contributed by atoms with E-state index in [-0.39, 0.29) is 24.6 Å². The van der Waals surface area contributed by atoms with E-state index in [0.717, 1.165) is 0 Å². The van der Waals surface area contributed by atoms with Crippen LogP contribution in [-0.4, -0.2) is 17.3 Å². The zero-order chi connectivity index (χ0) is 6.43. The van der Waals surface area contributed by atoms with Crippen molar-refractivity contribution in [2.75, 3.05) is 0 Å². The summed E-state index contributed by atoms with van der Waals surface area (Å²) in [4.78, 5) is 0. The summed E-state index contributed by atoms with van der Waals surface area (Å²) in [6.07, 6.45) is 3.57. The lowest BCUT2D eigenvalue weighted by Gasteiger charge is -2.43. The minimum absolute atomic E-state index is 0. The fourth-order valence-corrected chi connectivity index (χ4v) is 2.31. The minimum Gasteiger partial charge on any atom is -0.391 e. The van der Waals surface area contributed by atoms with Crippen molar-refractivity contribution in [3.63, 3.8) is 0 Å². The van der Waals surface area contributed by atoms with Crippen LogP contribution in [0.5, 0.6) is 0 Å². The van der Waals surface area contributed by atoms with Crippen LogP contribution in [-0.2, 0) is 0 Å². The lowest BCUT2D eigenvalue weighted by molar-refractivity contribution is -0.0391. The minimum atomic E-state index is -0.169. The van der Waals surface area contributed by atoms with Crippen molar-refractivity contribution in [1.82, 2.24) is 0 Å². The van der Waals surface area contributed by atoms with Gasteiger partial charge in [0, 0.05) is 6.04 Å². The van der Waals surface area contributed by atoms with Crippen LogP contribution in [0.25, 0.3) is 0 Å². The third-order valence-corrected chi connectivity index (χ3v) is 2.95. The average Bonchev–Trinajstić information content (AvgIpc) is 2.30. The molecule has 0 unspecified atom stereocenters. The summed E-state index contributed by atoms with van der Waals surface area (Å²) < 4.78 is 0. The Morgan fingerprint density at radius 2 is 1.80 bits per heavy atom. The quantitative estimate of drug-likeness (QED) is 0.547. The predicted octanol–water partition coefficient (Wildman–Crippen LogP) is 0.526. The van der Waals surface area contributed by atoms with E-state index < -0.39 is 0 Å². The van der Waals surface area contributed by atoms with Crippen molar-refractivity contribution < 1.29 is 5.11 Å². The van der Waals surface area contributed by atoms with Crippen molar-refractivity contribution in [2.45, 2.75) is 31.4 Å². The molecule has 0 aromatic carbocycles. The van der Waals surface area contributed by atoms with E-state index in [1.807, 2.05) is 0 Å². The summed E-state index contributed by atoms with van der Waals surface area (Å²) in [6.45, 7) is 0. The Balaban J connectivity index is 0.000000500. The Labute approximate surface area is 67.2 Å². The van der Waals surface area contributed by atoms with Gasteiger partial charge in [-0.25, -0.2) is 0 Å². The van der Waals surface area contributed by atoms with Crippen LogP contribution in [0, 0.1) is 11.8 Å². The molecule has 0 heterocycles. The highest BCUT2D eigenvalue weighted by molar-refractivity contribution is 5.85. The lowest BCUT2D eigenvalue weighted by atomic mass is 9.69. The van der Waals surface area contributed by atoms with Gasteiger partial charge in [-0.2, -0.15) is 0 Å². The smallest absolute Gasteiger partial charge is 0.0725 e. The number of nitrogens with two attached hydrogens (primary N) is 1. The largest absolute Gasteiger partial charge is 0.391 e. The molecule has 0 aromatic heterocycles. The monoisotopic (exact) mass is 163 g/mol. The van der Waals surface area contributed by atoms with Crippen LogP contribution in [0.4, 0.5) is 0 Å². The van der Waals surface area contributed by atoms with Crippen molar-refractivity contribution in [1.29, 1.82) is 0 Å². The Morgan fingerprint density at radius 3 is 2.40 bits per heavy atom. The molecule has 0 saturated heterocycles. The number of aliphatic hydroxyl groups excluding tert-OH is 1. The maximum Gasteiger partial charge on any atom is 0.0725 e. The molecular weight excluding hydrogens is 150 g/mol. The van der Waals surface area contributed by atoms with Crippen molar-refractivity contribution in [3.05, 3.63) is 0 Å². The molecule has 2 nitrogen and oxygen atoms in total. The molecule has 3 heteroatoms. The molecule has 2 fully saturated rings. The van der Waals surface area contributed by atoms with Gasteiger partial charge in [0.25, 0.3) is 0 Å². The summed E-state index contributed by atoms with van der Waals surface area (Å²) >= 11 is 0. The highest BCUT2D eigenvalue weighted by atomic mass is 35.5. The standard InChI is InChI=1S/C7H13NO.ClH/c8-6-4-2-1-3-5(4)7(6)9;/h4-7,9H,1-3,8H2;1H/t4-,5+,6-,7+;/m1./s1. The van der Waals surface area contributed by atoms with Gasteiger partial charge in [-0.15, -0.1) is 12.4 Å². The van der Waals surface area contributed by atoms with Crippen molar-refractivity contribution >= 4 is 12.4 Å². The topological polar surface area (TPSA) is 46.2 Å². The molecule has 2 aliphatic rings. The molecule has 10 heavy (non-hydrogen) atoms. The molecule has 0 spiro atoms. The molecular formula is C7H14ClNO. The van der Waals surface area contributed by atoms with Crippen molar-refractivity contribution in [3.8, 4) is 0 Å². The maximum absolute atomic E-state index is 9.26. The number of rotatable bonds is 0. The van der Waals surface area contributed by atoms with Gasteiger partial charge in [-0.3, -0.25) is 0 Å². The molecule has 0 aromatic rings. The molecule has 0 aliphatic heterocycles. The predicted molar refractivity (Wildman–Crippen MR) is 42.1 cm³/mol. The third kappa shape index (κ3) is 0.865. The van der Waals surface area contributed by atoms with Gasteiger partial charge in [0.05, 0.1) is 6.10 Å². The Morgan fingerprint density at radius 1 is 1.20 bits per heavy atom. The number of fused-ring (bicyclic) bond motifs is 1. The molecule has 2 aliphatic carbocycles. The molecule has 4 atom stereocenters. The first-order valence-corrected chi connectivity index (χ1v) is 3.74. The second-order valence-corrected chi connectivity index (χ2v) is 3.33. The van der Waals surface area contributed by atoms with E-state index in [9.17, 15) is 5.11 Å². The van der Waals surface area contributed by atoms with E-state index in [1.165, 1.54) is 19.3 Å². The Hall–Kier alpha value is 0.210. The fraction of sp³-hybridized carbons (Fsp3) is 1.00. The third-order valence-electron chi connectivity index (χ3n) is 2.95. The zero-order valence-electron chi connectivity index (χ0n) is 5.86. The number of hydrogen-bond acceptors (Lipinski definition) is 2. The highest BCUT2D eigenvalue weighted by Gasteiger charge is 2.49. The fourth-order valence-electron chi connectivity index (χ4n) is 2.31. The van der Waals surface area contributed by atoms with Crippen LogP contribution in [0.15, 0.2) is 0 Å². The van der Waals surface area contributed by atoms with Gasteiger partial charge < -0.3 is 10.8 Å². The normalized spacial score (nSPS) is 51.0. The van der Waals surface area contributed by atoms with Crippen LogP contribution in [0.2, 0.25) is 0 Å². The van der Waals surface area contributed by atoms with Crippen molar-refractivity contribution in [2.24, 2.45) is 17.6 Å². The number of aliphatic hydroxyl groups is 1. The number of hydrogen-bond donors (Lipinski definition) is 2. The molecule has 3 N–H and O–H groups in total. The van der Waals surface area contributed by atoms with E-state index in [1.54, 1.807) is 0 Å². The second kappa shape index (κ2) is 2.68. The summed E-state index contributed by atoms with van der Waals surface area (Å²) in [7, 11) is 0. The van der Waals surface area contributed by atoms with Gasteiger partial charge in [-0.05, 0) is 24.7 Å². The van der Waals surface area contributed by atoms with Crippen LogP contribution in [0.3, 0.4) is 0 Å². The molecule has 0 amide bonds. The molecule has 2 saturated carbocycles. The van der Waals surface area contributed by atoms with Gasteiger partial charge in [0.15, 0.2) is 0 Å². The summed E-state index contributed by atoms with van der Waals surface area (Å²) in [6, 6.07) is 0.109. The van der Waals surface area contributed by atoms with Crippen LogP contribution >= 0.6 is 12.4 Å². The molecule has 60 valence electrons. The summed E-state index contributed by atoms with van der Waals surface area (Å²) in [5.74, 6) is 1.24. The summed E-state index contributed by atoms with van der Waals surface area (Å²) in [5, 5.41) is 9.26. The van der Waals surface area contributed by atoms with Gasteiger partial charge >= 0.3 is 0 Å². The van der Waals surface area contributed by atoms with Crippen LogP contribution < -0.4 is 5.73 Å². The first-order chi connectivity index (χ1) is 4.30. The van der Waals surface area contributed by atoms with Gasteiger partial charge in [0.2, 0.25) is 0 Å². The first-order valence-electron chi connectivity index (χ1n) is 3.74. The maximum atomic E-state index is 9.26. The van der Waals surface area contributed by atoms with E-state index >= 15 is 0 Å². The van der Waals surface area contributed by atoms with Crippen LogP contribution in [0.1, 0.15) is 19.3 Å². The Bertz CT molecular complexity index is 117. The highest BCUT2D eigenvalue weighted by Crippen LogP contribution is 2.45. The average molecular weight is 164 g/mol. The molecule has 2 rings (SSSR count). The lowest BCUT2D eigenvalue weighted by Crippen LogP contribution is -2.57. The first kappa shape index (κ1) is 8.31. The van der Waals surface area contributed by atoms with Gasteiger partial charge in [0.1, 0.15) is 0 Å². The SMILES string of the molecule is Cl.N[C@H]1[C@@H](O)[C@H]2CCC[C@@H]12. The van der Waals surface area contributed by atoms with E-state index in [4.69, 9.17) is 5.73 Å². The van der Waals surface area contributed by atoms with E-state index in [0.29, 0.717) is 11.8 Å². The Kier molecular flexibility index (Phi) is 2.23. The molecule has 0 radical (unpaired) electrons. The zero-order valence-corrected chi connectivity index (χ0v) is 6.68. The molecule has 0 bridgehead atoms. The van der Waals surface area contributed by atoms with E-state index in [2.05, 4.69) is 0 Å². The second-order valence-electron chi connectivity index (χ2n) is 3.33. The number of halogens is 1. The van der Waals surface area contributed by atoms with Gasteiger partial charge in [-0.1, -0.05) is 6.42 Å².